The third-order valence-corrected chi connectivity index (χ3v) is 8.89. The van der Waals surface area contributed by atoms with E-state index in [1.165, 1.54) is 22.9 Å². The number of nitrogens with zero attached hydrogens (tertiary/aromatic N) is 7. The Labute approximate surface area is 215 Å². The van der Waals surface area contributed by atoms with E-state index in [-0.39, 0.29) is 21.7 Å². The second-order valence-electron chi connectivity index (χ2n) is 9.41. The van der Waals surface area contributed by atoms with Crippen molar-refractivity contribution >= 4 is 38.6 Å². The van der Waals surface area contributed by atoms with Crippen molar-refractivity contribution < 1.29 is 22.0 Å². The van der Waals surface area contributed by atoms with E-state index in [1.807, 2.05) is 24.8 Å². The zero-order chi connectivity index (χ0) is 26.5. The molecule has 3 aromatic heterocycles. The highest BCUT2D eigenvalue weighted by Crippen LogP contribution is 2.37. The van der Waals surface area contributed by atoms with Gasteiger partial charge >= 0.3 is 0 Å². The molecule has 5 rings (SSSR count). The van der Waals surface area contributed by atoms with Crippen molar-refractivity contribution in [2.24, 2.45) is 5.92 Å². The summed E-state index contributed by atoms with van der Waals surface area (Å²) in [5.74, 6) is -0.0849. The lowest BCUT2D eigenvalue weighted by Crippen LogP contribution is -2.50. The number of pyridine rings is 1. The molecule has 1 aliphatic carbocycles. The first-order chi connectivity index (χ1) is 17.5. The molecular formula is C22H24F2N8O3S2. The molecule has 0 aromatic carbocycles. The van der Waals surface area contributed by atoms with Crippen LogP contribution < -0.4 is 9.62 Å². The van der Waals surface area contributed by atoms with E-state index in [4.69, 9.17) is 0 Å². The molecule has 0 radical (unpaired) electrons. The minimum Gasteiger partial charge on any atom is -0.365 e. The zero-order valence-electron chi connectivity index (χ0n) is 20.1. The number of nitrogens with one attached hydrogen (secondary N) is 1. The molecule has 1 amide bonds. The predicted molar refractivity (Wildman–Crippen MR) is 131 cm³/mol. The Morgan fingerprint density at radius 3 is 2.49 bits per heavy atom. The second kappa shape index (κ2) is 9.26. The average molecular weight is 551 g/mol. The molecule has 0 atom stereocenters. The summed E-state index contributed by atoms with van der Waals surface area (Å²) in [5, 5.41) is 16.5. The molecule has 15 heteroatoms. The van der Waals surface area contributed by atoms with Gasteiger partial charge in [-0.2, -0.15) is 9.98 Å². The van der Waals surface area contributed by atoms with E-state index < -0.39 is 27.0 Å². The number of sulfonamides is 1. The minimum atomic E-state index is -4.11. The van der Waals surface area contributed by atoms with Crippen molar-refractivity contribution in [2.45, 2.75) is 43.5 Å². The van der Waals surface area contributed by atoms with Crippen LogP contribution in [0.25, 0.3) is 16.3 Å². The van der Waals surface area contributed by atoms with Crippen LogP contribution in [0.1, 0.15) is 38.1 Å². The van der Waals surface area contributed by atoms with Gasteiger partial charge in [-0.05, 0) is 18.9 Å². The number of anilines is 1. The number of hydrogen-bond acceptors (Lipinski definition) is 9. The van der Waals surface area contributed by atoms with Gasteiger partial charge in [0.05, 0.1) is 18.0 Å². The minimum absolute atomic E-state index is 0.0470. The summed E-state index contributed by atoms with van der Waals surface area (Å²) in [5.41, 5.74) is 0.103. The van der Waals surface area contributed by atoms with Crippen LogP contribution >= 0.6 is 11.3 Å². The normalized spacial score (nSPS) is 17.5. The Hall–Kier alpha value is -3.22. The molecule has 2 aliphatic rings. The summed E-state index contributed by atoms with van der Waals surface area (Å²) < 4.78 is 56.9. The highest BCUT2D eigenvalue weighted by atomic mass is 32.2. The molecule has 11 nitrogen and oxygen atoms in total. The number of hydrogen-bond donors (Lipinski definition) is 1. The maximum atomic E-state index is 13.3. The summed E-state index contributed by atoms with van der Waals surface area (Å²) in [4.78, 5) is 20.5. The fourth-order valence-corrected chi connectivity index (χ4v) is 6.32. The highest BCUT2D eigenvalue weighted by Gasteiger charge is 2.47. The van der Waals surface area contributed by atoms with Crippen molar-refractivity contribution in [1.29, 1.82) is 5.26 Å². The lowest BCUT2D eigenvalue weighted by Gasteiger charge is -2.37. The Kier molecular flexibility index (Phi) is 6.37. The number of fused-ring (bicyclic) bond motifs is 1. The monoisotopic (exact) mass is 550 g/mol. The standard InChI is InChI=1S/C22H24F2N8O3S2/c1-13(2)21(33)31-7-5-30(6-8-31)15-9-14(37(34,35)29-22(12-25)3-4-22)11-32-16(10-26-18(15)32)19-27-28-20(36-19)17(23)24/h9-11,13,17,29H,3-8H2,1-2H3. The molecule has 4 heterocycles. The average Bonchev–Trinajstić information content (AvgIpc) is 3.26. The zero-order valence-corrected chi connectivity index (χ0v) is 21.7. The van der Waals surface area contributed by atoms with E-state index in [2.05, 4.69) is 19.9 Å². The number of alkyl halides is 2. The highest BCUT2D eigenvalue weighted by molar-refractivity contribution is 7.89. The van der Waals surface area contributed by atoms with E-state index in [0.29, 0.717) is 67.4 Å². The van der Waals surface area contributed by atoms with Gasteiger partial charge in [-0.3, -0.25) is 9.20 Å². The number of imidazole rings is 1. The molecule has 0 spiro atoms. The predicted octanol–water partition coefficient (Wildman–Crippen LogP) is 2.43. The molecular weight excluding hydrogens is 526 g/mol. The van der Waals surface area contributed by atoms with Crippen molar-refractivity contribution in [2.75, 3.05) is 31.1 Å². The van der Waals surface area contributed by atoms with E-state index >= 15 is 0 Å². The molecule has 3 aromatic rings. The van der Waals surface area contributed by atoms with Crippen LogP contribution in [0, 0.1) is 17.2 Å². The first-order valence-corrected chi connectivity index (χ1v) is 14.0. The number of aromatic nitrogens is 4. The lowest BCUT2D eigenvalue weighted by molar-refractivity contribution is -0.134. The molecule has 0 bridgehead atoms. The van der Waals surface area contributed by atoms with Gasteiger partial charge in [0.15, 0.2) is 15.7 Å². The second-order valence-corrected chi connectivity index (χ2v) is 12.1. The number of nitriles is 1. The van der Waals surface area contributed by atoms with Crippen LogP contribution in [0.15, 0.2) is 23.4 Å². The SMILES string of the molecule is CC(C)C(=O)N1CCN(c2cc(S(=O)(=O)NC3(C#N)CC3)cn3c(-c4nnc(C(F)F)s4)cnc23)CC1. The summed E-state index contributed by atoms with van der Waals surface area (Å²) in [6.45, 7) is 5.49. The molecule has 1 N–H and O–H groups in total. The van der Waals surface area contributed by atoms with Crippen LogP contribution in [0.5, 0.6) is 0 Å². The van der Waals surface area contributed by atoms with Crippen LogP contribution in [0.3, 0.4) is 0 Å². The van der Waals surface area contributed by atoms with Crippen molar-refractivity contribution in [3.05, 3.63) is 23.5 Å². The maximum Gasteiger partial charge on any atom is 0.291 e. The number of rotatable bonds is 7. The number of carbonyl (C=O) groups is 1. The van der Waals surface area contributed by atoms with E-state index in [1.54, 1.807) is 4.90 Å². The van der Waals surface area contributed by atoms with Gasteiger partial charge in [0, 0.05) is 38.3 Å². The summed E-state index contributed by atoms with van der Waals surface area (Å²) >= 11 is 0.699. The Balaban J connectivity index is 1.57. The Morgan fingerprint density at radius 2 is 1.92 bits per heavy atom. The van der Waals surface area contributed by atoms with E-state index in [0.717, 1.165) is 0 Å². The van der Waals surface area contributed by atoms with Crippen molar-refractivity contribution in [3.63, 3.8) is 0 Å². The summed E-state index contributed by atoms with van der Waals surface area (Å²) in [6, 6.07) is 3.51. The maximum absolute atomic E-state index is 13.3. The van der Waals surface area contributed by atoms with Gasteiger partial charge in [-0.1, -0.05) is 25.2 Å². The molecule has 37 heavy (non-hydrogen) atoms. The molecule has 196 valence electrons. The van der Waals surface area contributed by atoms with E-state index in [9.17, 15) is 27.3 Å². The van der Waals surface area contributed by atoms with Crippen molar-refractivity contribution in [1.82, 2.24) is 29.2 Å². The first kappa shape index (κ1) is 25.4. The van der Waals surface area contributed by atoms with Gasteiger partial charge in [0.25, 0.3) is 6.43 Å². The lowest BCUT2D eigenvalue weighted by atomic mass is 10.1. The number of piperazine rings is 1. The fourth-order valence-electron chi connectivity index (χ4n) is 4.22. The Morgan fingerprint density at radius 1 is 1.22 bits per heavy atom. The number of amides is 1. The van der Waals surface area contributed by atoms with Gasteiger partial charge in [0.1, 0.15) is 16.1 Å². The molecule has 2 fully saturated rings. The van der Waals surface area contributed by atoms with Crippen molar-refractivity contribution in [3.8, 4) is 16.8 Å². The molecule has 1 saturated heterocycles. The fraction of sp³-hybridized carbons (Fsp3) is 0.500. The third kappa shape index (κ3) is 4.76. The molecule has 1 aliphatic heterocycles. The Bertz CT molecular complexity index is 1500. The van der Waals surface area contributed by atoms with Gasteiger partial charge < -0.3 is 9.80 Å². The largest absolute Gasteiger partial charge is 0.365 e. The third-order valence-electron chi connectivity index (χ3n) is 6.44. The topological polar surface area (TPSA) is 137 Å². The number of carbonyl (C=O) groups excluding carboxylic acids is 1. The van der Waals surface area contributed by atoms with Gasteiger partial charge in [0.2, 0.25) is 15.9 Å². The smallest absolute Gasteiger partial charge is 0.291 e. The van der Waals surface area contributed by atoms with Crippen LogP contribution in [0.4, 0.5) is 14.5 Å². The summed E-state index contributed by atoms with van der Waals surface area (Å²) in [6.07, 6.45) is 0.836. The quantitative estimate of drug-likeness (QED) is 0.474. The van der Waals surface area contributed by atoms with Crippen LogP contribution in [-0.2, 0) is 14.8 Å². The van der Waals surface area contributed by atoms with Gasteiger partial charge in [-0.15, -0.1) is 10.2 Å². The first-order valence-electron chi connectivity index (χ1n) is 11.7. The molecule has 1 saturated carbocycles. The summed E-state index contributed by atoms with van der Waals surface area (Å²) in [7, 11) is -4.11. The van der Waals surface area contributed by atoms with Crippen LogP contribution in [0.2, 0.25) is 0 Å². The van der Waals surface area contributed by atoms with Gasteiger partial charge in [-0.25, -0.2) is 22.2 Å². The van der Waals surface area contributed by atoms with Crippen LogP contribution in [-0.4, -0.2) is 70.5 Å². The molecule has 0 unspecified atom stereocenters. The number of halogens is 2.